The van der Waals surface area contributed by atoms with Gasteiger partial charge in [-0.2, -0.15) is 0 Å². The first-order valence-electron chi connectivity index (χ1n) is 5.36. The van der Waals surface area contributed by atoms with E-state index < -0.39 is 6.10 Å². The molecule has 0 spiro atoms. The number of amides is 1. The molecule has 0 aliphatic carbocycles. The van der Waals surface area contributed by atoms with Crippen LogP contribution in [-0.4, -0.2) is 41.8 Å². The average Bonchev–Trinajstić information content (AvgIpc) is 2.33. The van der Waals surface area contributed by atoms with E-state index in [4.69, 9.17) is 9.84 Å². The zero-order valence-electron chi connectivity index (χ0n) is 9.00. The largest absolute Gasteiger partial charge is 0.393 e. The lowest BCUT2D eigenvalue weighted by Crippen LogP contribution is -2.48. The van der Waals surface area contributed by atoms with Crippen LogP contribution in [0.15, 0.2) is 30.3 Å². The number of aliphatic hydroxyl groups is 1. The minimum atomic E-state index is -0.683. The second kappa shape index (κ2) is 5.09. The highest BCUT2D eigenvalue weighted by molar-refractivity contribution is 5.81. The fraction of sp³-hybridized carbons (Fsp3) is 0.417. The Kier molecular flexibility index (Phi) is 3.54. The van der Waals surface area contributed by atoms with Crippen LogP contribution in [0.5, 0.6) is 0 Å². The van der Waals surface area contributed by atoms with E-state index in [9.17, 15) is 4.79 Å². The Balaban J connectivity index is 2.02. The van der Waals surface area contributed by atoms with Crippen molar-refractivity contribution in [3.63, 3.8) is 0 Å². The predicted molar refractivity (Wildman–Crippen MR) is 58.7 cm³/mol. The second-order valence-electron chi connectivity index (χ2n) is 3.79. The molecule has 86 valence electrons. The molecule has 4 heteroatoms. The van der Waals surface area contributed by atoms with Crippen LogP contribution in [-0.2, 0) is 16.1 Å². The summed E-state index contributed by atoms with van der Waals surface area (Å²) in [5, 5.41) is 8.97. The van der Waals surface area contributed by atoms with Crippen molar-refractivity contribution >= 4 is 5.91 Å². The lowest BCUT2D eigenvalue weighted by molar-refractivity contribution is -0.156. The van der Waals surface area contributed by atoms with Gasteiger partial charge in [-0.25, -0.2) is 0 Å². The standard InChI is InChI=1S/C12H15NO3/c14-9-11-12(15)13(6-7-16-11)8-10-4-2-1-3-5-10/h1-5,11,14H,6-9H2. The highest BCUT2D eigenvalue weighted by Gasteiger charge is 2.28. The molecule has 0 bridgehead atoms. The summed E-state index contributed by atoms with van der Waals surface area (Å²) in [4.78, 5) is 13.5. The van der Waals surface area contributed by atoms with Crippen molar-refractivity contribution in [2.75, 3.05) is 19.8 Å². The third-order valence-electron chi connectivity index (χ3n) is 2.65. The molecule has 1 amide bonds. The van der Waals surface area contributed by atoms with Gasteiger partial charge in [-0.3, -0.25) is 4.79 Å². The van der Waals surface area contributed by atoms with Crippen molar-refractivity contribution in [1.82, 2.24) is 4.90 Å². The molecule has 1 aliphatic heterocycles. The highest BCUT2D eigenvalue weighted by atomic mass is 16.5. The molecule has 1 saturated heterocycles. The minimum absolute atomic E-state index is 0.127. The number of morpholine rings is 1. The number of rotatable bonds is 3. The van der Waals surface area contributed by atoms with E-state index in [-0.39, 0.29) is 12.5 Å². The molecule has 1 aliphatic rings. The molecule has 1 unspecified atom stereocenters. The van der Waals surface area contributed by atoms with Crippen molar-refractivity contribution in [3.8, 4) is 0 Å². The monoisotopic (exact) mass is 221 g/mol. The van der Waals surface area contributed by atoms with Gasteiger partial charge in [0.05, 0.1) is 13.2 Å². The van der Waals surface area contributed by atoms with Crippen LogP contribution in [0.3, 0.4) is 0 Å². The molecule has 1 aromatic carbocycles. The lowest BCUT2D eigenvalue weighted by atomic mass is 10.2. The summed E-state index contributed by atoms with van der Waals surface area (Å²) in [5.74, 6) is -0.127. The normalized spacial score (nSPS) is 21.2. The third kappa shape index (κ3) is 2.40. The Hall–Kier alpha value is -1.39. The molecule has 4 nitrogen and oxygen atoms in total. The van der Waals surface area contributed by atoms with E-state index in [1.54, 1.807) is 4.90 Å². The average molecular weight is 221 g/mol. The summed E-state index contributed by atoms with van der Waals surface area (Å²) in [5.41, 5.74) is 1.09. The quantitative estimate of drug-likeness (QED) is 0.804. The number of nitrogens with zero attached hydrogens (tertiary/aromatic N) is 1. The van der Waals surface area contributed by atoms with Gasteiger partial charge in [-0.15, -0.1) is 0 Å². The molecule has 1 heterocycles. The maximum absolute atomic E-state index is 11.8. The molecule has 1 atom stereocenters. The minimum Gasteiger partial charge on any atom is -0.393 e. The van der Waals surface area contributed by atoms with Crippen LogP contribution in [0.4, 0.5) is 0 Å². The van der Waals surface area contributed by atoms with Gasteiger partial charge in [0.15, 0.2) is 6.10 Å². The summed E-state index contributed by atoms with van der Waals surface area (Å²) >= 11 is 0. The van der Waals surface area contributed by atoms with Crippen molar-refractivity contribution in [1.29, 1.82) is 0 Å². The van der Waals surface area contributed by atoms with Gasteiger partial charge in [-0.1, -0.05) is 30.3 Å². The SMILES string of the molecule is O=C1C(CO)OCCN1Cc1ccccc1. The highest BCUT2D eigenvalue weighted by Crippen LogP contribution is 2.11. The molecule has 1 fully saturated rings. The molecule has 0 radical (unpaired) electrons. The van der Waals surface area contributed by atoms with Gasteiger partial charge in [0.25, 0.3) is 5.91 Å². The topological polar surface area (TPSA) is 49.8 Å². The number of benzene rings is 1. The molecular formula is C12H15NO3. The summed E-state index contributed by atoms with van der Waals surface area (Å²) < 4.78 is 5.17. The zero-order chi connectivity index (χ0) is 11.4. The van der Waals surface area contributed by atoms with Gasteiger partial charge in [0, 0.05) is 13.1 Å². The Bertz CT molecular complexity index is 353. The van der Waals surface area contributed by atoms with Crippen LogP contribution >= 0.6 is 0 Å². The van der Waals surface area contributed by atoms with Crippen molar-refractivity contribution in [2.45, 2.75) is 12.6 Å². The number of hydrogen-bond acceptors (Lipinski definition) is 3. The van der Waals surface area contributed by atoms with Gasteiger partial charge in [-0.05, 0) is 5.56 Å². The third-order valence-corrected chi connectivity index (χ3v) is 2.65. The van der Waals surface area contributed by atoms with E-state index in [0.717, 1.165) is 5.56 Å². The molecule has 0 saturated carbocycles. The van der Waals surface area contributed by atoms with E-state index >= 15 is 0 Å². The van der Waals surface area contributed by atoms with Crippen LogP contribution < -0.4 is 0 Å². The zero-order valence-corrected chi connectivity index (χ0v) is 9.00. The van der Waals surface area contributed by atoms with E-state index in [1.807, 2.05) is 30.3 Å². The predicted octanol–water partition coefficient (Wildman–Crippen LogP) is 0.406. The Morgan fingerprint density at radius 3 is 2.81 bits per heavy atom. The van der Waals surface area contributed by atoms with Gasteiger partial charge < -0.3 is 14.7 Å². The molecule has 1 aromatic rings. The van der Waals surface area contributed by atoms with Crippen LogP contribution in [0.25, 0.3) is 0 Å². The lowest BCUT2D eigenvalue weighted by Gasteiger charge is -2.31. The van der Waals surface area contributed by atoms with Crippen molar-refractivity contribution < 1.29 is 14.6 Å². The number of carbonyl (C=O) groups is 1. The Morgan fingerprint density at radius 2 is 2.12 bits per heavy atom. The fourth-order valence-electron chi connectivity index (χ4n) is 1.78. The van der Waals surface area contributed by atoms with Crippen LogP contribution in [0, 0.1) is 0 Å². The number of carbonyl (C=O) groups excluding carboxylic acids is 1. The summed E-state index contributed by atoms with van der Waals surface area (Å²) in [6.07, 6.45) is -0.683. The summed E-state index contributed by atoms with van der Waals surface area (Å²) in [6, 6.07) is 9.81. The fourth-order valence-corrected chi connectivity index (χ4v) is 1.78. The first-order valence-corrected chi connectivity index (χ1v) is 5.36. The van der Waals surface area contributed by atoms with Crippen LogP contribution in [0.2, 0.25) is 0 Å². The van der Waals surface area contributed by atoms with Gasteiger partial charge >= 0.3 is 0 Å². The molecule has 2 rings (SSSR count). The second-order valence-corrected chi connectivity index (χ2v) is 3.79. The van der Waals surface area contributed by atoms with E-state index in [0.29, 0.717) is 19.7 Å². The molecule has 16 heavy (non-hydrogen) atoms. The number of hydrogen-bond donors (Lipinski definition) is 1. The van der Waals surface area contributed by atoms with Crippen LogP contribution in [0.1, 0.15) is 5.56 Å². The Labute approximate surface area is 94.4 Å². The Morgan fingerprint density at radius 1 is 1.38 bits per heavy atom. The number of ether oxygens (including phenoxy) is 1. The molecule has 0 aromatic heterocycles. The van der Waals surface area contributed by atoms with Crippen molar-refractivity contribution in [3.05, 3.63) is 35.9 Å². The smallest absolute Gasteiger partial charge is 0.254 e. The van der Waals surface area contributed by atoms with Gasteiger partial charge in [0.1, 0.15) is 0 Å². The maximum Gasteiger partial charge on any atom is 0.254 e. The van der Waals surface area contributed by atoms with Gasteiger partial charge in [0.2, 0.25) is 0 Å². The summed E-state index contributed by atoms with van der Waals surface area (Å²) in [7, 11) is 0. The van der Waals surface area contributed by atoms with E-state index in [2.05, 4.69) is 0 Å². The first-order chi connectivity index (χ1) is 7.81. The summed E-state index contributed by atoms with van der Waals surface area (Å²) in [6.45, 7) is 1.41. The maximum atomic E-state index is 11.8. The first kappa shape index (κ1) is 11.1. The van der Waals surface area contributed by atoms with E-state index in [1.165, 1.54) is 0 Å². The number of aliphatic hydroxyl groups excluding tert-OH is 1. The molecular weight excluding hydrogens is 206 g/mol. The van der Waals surface area contributed by atoms with Crippen molar-refractivity contribution in [2.24, 2.45) is 0 Å². The molecule has 1 N–H and O–H groups in total.